The van der Waals surface area contributed by atoms with Crippen LogP contribution in [0.4, 0.5) is 11.4 Å². The monoisotopic (exact) mass is 383 g/mol. The van der Waals surface area contributed by atoms with E-state index in [1.165, 1.54) is 0 Å². The summed E-state index contributed by atoms with van der Waals surface area (Å²) in [6, 6.07) is 7.50. The molecular formula is C21H29N5O2. The fourth-order valence-electron chi connectivity index (χ4n) is 3.06. The molecule has 3 rings (SSSR count). The average Bonchev–Trinajstić information content (AvgIpc) is 3.15. The highest BCUT2D eigenvalue weighted by molar-refractivity contribution is 6.03. The van der Waals surface area contributed by atoms with Gasteiger partial charge >= 0.3 is 0 Å². The lowest BCUT2D eigenvalue weighted by atomic mass is 9.95. The van der Waals surface area contributed by atoms with Gasteiger partial charge in [-0.1, -0.05) is 26.8 Å². The zero-order valence-corrected chi connectivity index (χ0v) is 17.0. The normalized spacial score (nSPS) is 17.2. The molecule has 1 aliphatic rings. The molecule has 1 atom stereocenters. The summed E-state index contributed by atoms with van der Waals surface area (Å²) in [4.78, 5) is 24.9. The Balaban J connectivity index is 1.69. The molecule has 2 aromatic rings. The van der Waals surface area contributed by atoms with Crippen molar-refractivity contribution in [3.05, 3.63) is 41.7 Å². The van der Waals surface area contributed by atoms with E-state index in [2.05, 4.69) is 21.0 Å². The van der Waals surface area contributed by atoms with Gasteiger partial charge in [0.05, 0.1) is 6.04 Å². The molecule has 2 amide bonds. The lowest BCUT2D eigenvalue weighted by Gasteiger charge is -2.22. The number of benzene rings is 1. The van der Waals surface area contributed by atoms with Crippen LogP contribution in [0.15, 0.2) is 30.5 Å². The third-order valence-electron chi connectivity index (χ3n) is 4.91. The lowest BCUT2D eigenvalue weighted by molar-refractivity contribution is -0.123. The molecule has 1 aromatic carbocycles. The van der Waals surface area contributed by atoms with Crippen LogP contribution in [0.3, 0.4) is 0 Å². The number of carbonyl (C=O) groups is 2. The van der Waals surface area contributed by atoms with Crippen LogP contribution in [0.25, 0.3) is 0 Å². The molecule has 1 aliphatic heterocycles. The van der Waals surface area contributed by atoms with E-state index in [1.54, 1.807) is 12.1 Å². The largest absolute Gasteiger partial charge is 0.325 e. The second-order valence-electron chi connectivity index (χ2n) is 8.37. The van der Waals surface area contributed by atoms with Crippen molar-refractivity contribution in [2.75, 3.05) is 23.7 Å². The molecule has 0 aliphatic carbocycles. The van der Waals surface area contributed by atoms with E-state index in [-0.39, 0.29) is 17.9 Å². The van der Waals surface area contributed by atoms with Crippen molar-refractivity contribution in [1.82, 2.24) is 15.1 Å². The number of aromatic nitrogens is 2. The van der Waals surface area contributed by atoms with E-state index in [1.807, 2.05) is 50.7 Å². The van der Waals surface area contributed by atoms with E-state index < -0.39 is 5.41 Å². The molecule has 2 heterocycles. The van der Waals surface area contributed by atoms with Gasteiger partial charge in [-0.25, -0.2) is 0 Å². The predicted octanol–water partition coefficient (Wildman–Crippen LogP) is 3.35. The third kappa shape index (κ3) is 4.78. The number of anilines is 2. The van der Waals surface area contributed by atoms with Crippen molar-refractivity contribution >= 4 is 23.2 Å². The Labute approximate surface area is 165 Å². The van der Waals surface area contributed by atoms with Gasteiger partial charge < -0.3 is 16.0 Å². The summed E-state index contributed by atoms with van der Waals surface area (Å²) in [5.41, 5.74) is 2.13. The van der Waals surface area contributed by atoms with Crippen molar-refractivity contribution in [2.24, 2.45) is 5.41 Å². The summed E-state index contributed by atoms with van der Waals surface area (Å²) < 4.78 is 1.87. The first-order chi connectivity index (χ1) is 13.2. The maximum atomic E-state index is 12.6. The highest BCUT2D eigenvalue weighted by atomic mass is 16.2. The number of rotatable bonds is 4. The number of nitrogens with one attached hydrogen (secondary N) is 3. The number of nitrogens with zero attached hydrogens (tertiary/aromatic N) is 2. The minimum atomic E-state index is -0.494. The van der Waals surface area contributed by atoms with Crippen LogP contribution in [0.2, 0.25) is 0 Å². The molecule has 0 radical (unpaired) electrons. The first-order valence-electron chi connectivity index (χ1n) is 9.73. The number of hydrogen-bond donors (Lipinski definition) is 3. The third-order valence-corrected chi connectivity index (χ3v) is 4.91. The number of amides is 2. The van der Waals surface area contributed by atoms with E-state index in [4.69, 9.17) is 0 Å². The van der Waals surface area contributed by atoms with Gasteiger partial charge in [-0.15, -0.1) is 0 Å². The van der Waals surface area contributed by atoms with Crippen LogP contribution >= 0.6 is 0 Å². The molecule has 1 aromatic heterocycles. The van der Waals surface area contributed by atoms with Gasteiger partial charge in [-0.2, -0.15) is 5.10 Å². The van der Waals surface area contributed by atoms with Gasteiger partial charge in [0.15, 0.2) is 5.69 Å². The topological polar surface area (TPSA) is 88.1 Å². The number of hydrogen-bond acceptors (Lipinski definition) is 4. The van der Waals surface area contributed by atoms with Crippen LogP contribution in [0.5, 0.6) is 0 Å². The van der Waals surface area contributed by atoms with Crippen LogP contribution in [-0.4, -0.2) is 34.7 Å². The van der Waals surface area contributed by atoms with E-state index >= 15 is 0 Å². The fourth-order valence-corrected chi connectivity index (χ4v) is 3.06. The maximum absolute atomic E-state index is 12.6. The molecule has 1 saturated heterocycles. The van der Waals surface area contributed by atoms with Crippen LogP contribution in [-0.2, 0) is 4.79 Å². The summed E-state index contributed by atoms with van der Waals surface area (Å²) in [5, 5.41) is 13.6. The zero-order chi connectivity index (χ0) is 20.3. The standard InChI is InChI=1S/C21H29N5O2/c1-14-7-8-15(12-18(14)24-20(28)21(2,3)4)23-19(27)17-9-11-26(25-17)16-6-5-10-22-13-16/h7-9,11-12,16,22H,5-6,10,13H2,1-4H3,(H,23,27)(H,24,28). The Morgan fingerprint density at radius 1 is 1.21 bits per heavy atom. The van der Waals surface area contributed by atoms with Crippen molar-refractivity contribution in [1.29, 1.82) is 0 Å². The zero-order valence-electron chi connectivity index (χ0n) is 17.0. The Morgan fingerprint density at radius 2 is 2.00 bits per heavy atom. The van der Waals surface area contributed by atoms with Crippen LogP contribution in [0, 0.1) is 12.3 Å². The molecule has 28 heavy (non-hydrogen) atoms. The fraction of sp³-hybridized carbons (Fsp3) is 0.476. The molecule has 1 unspecified atom stereocenters. The molecular weight excluding hydrogens is 354 g/mol. The Morgan fingerprint density at radius 3 is 2.68 bits per heavy atom. The summed E-state index contributed by atoms with van der Waals surface area (Å²) in [5.74, 6) is -0.335. The van der Waals surface area contributed by atoms with Crippen molar-refractivity contribution < 1.29 is 9.59 Å². The van der Waals surface area contributed by atoms with Crippen molar-refractivity contribution in [2.45, 2.75) is 46.6 Å². The quantitative estimate of drug-likeness (QED) is 0.755. The maximum Gasteiger partial charge on any atom is 0.276 e. The van der Waals surface area contributed by atoms with Gasteiger partial charge in [0, 0.05) is 29.5 Å². The number of carbonyl (C=O) groups excluding carboxylic acids is 2. The van der Waals surface area contributed by atoms with Gasteiger partial charge in [0.2, 0.25) is 5.91 Å². The average molecular weight is 383 g/mol. The minimum absolute atomic E-state index is 0.0705. The molecule has 0 bridgehead atoms. The number of piperidine rings is 1. The SMILES string of the molecule is Cc1ccc(NC(=O)c2ccn(C3CCCNC3)n2)cc1NC(=O)C(C)(C)C. The Hall–Kier alpha value is -2.67. The number of aryl methyl sites for hydroxylation is 1. The molecule has 0 spiro atoms. The van der Waals surface area contributed by atoms with Gasteiger partial charge in [-0.3, -0.25) is 14.3 Å². The van der Waals surface area contributed by atoms with Gasteiger partial charge in [0.1, 0.15) is 0 Å². The molecule has 0 saturated carbocycles. The Bertz CT molecular complexity index is 860. The first-order valence-corrected chi connectivity index (χ1v) is 9.73. The highest BCUT2D eigenvalue weighted by Crippen LogP contribution is 2.24. The van der Waals surface area contributed by atoms with E-state index in [0.717, 1.165) is 31.5 Å². The molecule has 7 nitrogen and oxygen atoms in total. The molecule has 150 valence electrons. The van der Waals surface area contributed by atoms with E-state index in [9.17, 15) is 9.59 Å². The summed E-state index contributed by atoms with van der Waals surface area (Å²) in [6.45, 7) is 9.41. The summed E-state index contributed by atoms with van der Waals surface area (Å²) in [6.07, 6.45) is 4.03. The van der Waals surface area contributed by atoms with Crippen molar-refractivity contribution in [3.8, 4) is 0 Å². The Kier molecular flexibility index (Phi) is 5.84. The molecule has 3 N–H and O–H groups in total. The van der Waals surface area contributed by atoms with Crippen LogP contribution in [0.1, 0.15) is 55.7 Å². The smallest absolute Gasteiger partial charge is 0.276 e. The summed E-state index contributed by atoms with van der Waals surface area (Å²) >= 11 is 0. The van der Waals surface area contributed by atoms with Gasteiger partial charge in [-0.05, 0) is 50.1 Å². The predicted molar refractivity (Wildman–Crippen MR) is 111 cm³/mol. The van der Waals surface area contributed by atoms with Crippen molar-refractivity contribution in [3.63, 3.8) is 0 Å². The second kappa shape index (κ2) is 8.14. The first kappa shape index (κ1) is 20.1. The second-order valence-corrected chi connectivity index (χ2v) is 8.37. The molecule has 1 fully saturated rings. The van der Waals surface area contributed by atoms with E-state index in [0.29, 0.717) is 17.1 Å². The summed E-state index contributed by atoms with van der Waals surface area (Å²) in [7, 11) is 0. The lowest BCUT2D eigenvalue weighted by Crippen LogP contribution is -2.32. The highest BCUT2D eigenvalue weighted by Gasteiger charge is 2.22. The minimum Gasteiger partial charge on any atom is -0.325 e. The van der Waals surface area contributed by atoms with Gasteiger partial charge in [0.25, 0.3) is 5.91 Å². The van der Waals surface area contributed by atoms with Crippen LogP contribution < -0.4 is 16.0 Å². The molecule has 7 heteroatoms.